The van der Waals surface area contributed by atoms with E-state index in [0.29, 0.717) is 45.4 Å². The van der Waals surface area contributed by atoms with Gasteiger partial charge in [-0.2, -0.15) is 0 Å². The van der Waals surface area contributed by atoms with Gasteiger partial charge in [0.1, 0.15) is 5.60 Å². The van der Waals surface area contributed by atoms with Crippen LogP contribution in [-0.4, -0.2) is 83.3 Å². The highest BCUT2D eigenvalue weighted by atomic mass is 16.6. The highest BCUT2D eigenvalue weighted by molar-refractivity contribution is 5.85. The molecular formula is C18H27N3O5. The molecule has 0 aromatic heterocycles. The lowest BCUT2D eigenvalue weighted by atomic mass is 9.39. The van der Waals surface area contributed by atoms with E-state index >= 15 is 0 Å². The van der Waals surface area contributed by atoms with Gasteiger partial charge in [0.2, 0.25) is 0 Å². The van der Waals surface area contributed by atoms with Gasteiger partial charge in [-0.05, 0) is 40.0 Å². The van der Waals surface area contributed by atoms with Crippen LogP contribution in [0, 0.1) is 5.41 Å². The molecule has 1 atom stereocenters. The lowest BCUT2D eigenvalue weighted by molar-refractivity contribution is -0.222. The topological polar surface area (TPSA) is 79.4 Å². The number of hydrogen-bond acceptors (Lipinski definition) is 5. The van der Waals surface area contributed by atoms with Crippen LogP contribution in [0.25, 0.3) is 0 Å². The Morgan fingerprint density at radius 1 is 1.12 bits per heavy atom. The van der Waals surface area contributed by atoms with Gasteiger partial charge >= 0.3 is 18.1 Å². The van der Waals surface area contributed by atoms with Crippen molar-refractivity contribution in [2.75, 3.05) is 33.3 Å². The second-order valence-electron chi connectivity index (χ2n) is 9.19. The van der Waals surface area contributed by atoms with Crippen LogP contribution in [0.1, 0.15) is 40.0 Å². The maximum Gasteiger partial charge on any atom is 0.410 e. The number of methoxy groups -OCH3 is 1. The van der Waals surface area contributed by atoms with Gasteiger partial charge in [-0.1, -0.05) is 0 Å². The van der Waals surface area contributed by atoms with Gasteiger partial charge in [0.05, 0.1) is 18.6 Å². The normalized spacial score (nSPS) is 35.5. The lowest BCUT2D eigenvalue weighted by Crippen LogP contribution is -2.77. The van der Waals surface area contributed by atoms with Crippen molar-refractivity contribution in [2.24, 2.45) is 5.41 Å². The van der Waals surface area contributed by atoms with Gasteiger partial charge in [0.25, 0.3) is 0 Å². The van der Waals surface area contributed by atoms with E-state index in [2.05, 4.69) is 0 Å². The molecule has 0 aromatic carbocycles. The molecule has 3 saturated carbocycles. The predicted octanol–water partition coefficient (Wildman–Crippen LogP) is 1.44. The fourth-order valence-electron chi connectivity index (χ4n) is 5.05. The summed E-state index contributed by atoms with van der Waals surface area (Å²) in [5.41, 5.74) is -1.07. The zero-order valence-electron chi connectivity index (χ0n) is 15.9. The molecule has 3 aliphatic carbocycles. The summed E-state index contributed by atoms with van der Waals surface area (Å²) in [5, 5.41) is 0. The fourth-order valence-corrected chi connectivity index (χ4v) is 5.05. The Morgan fingerprint density at radius 3 is 2.35 bits per heavy atom. The molecule has 8 nitrogen and oxygen atoms in total. The maximum absolute atomic E-state index is 12.9. The summed E-state index contributed by atoms with van der Waals surface area (Å²) in [6, 6.07) is 0.0314. The number of carbonyl (C=O) groups excluding carboxylic acids is 3. The molecule has 2 bridgehead atoms. The largest absolute Gasteiger partial charge is 0.469 e. The number of esters is 1. The fraction of sp³-hybridized carbons (Fsp3) is 0.833. The third-order valence-electron chi connectivity index (χ3n) is 6.20. The molecule has 26 heavy (non-hydrogen) atoms. The van der Waals surface area contributed by atoms with E-state index in [1.807, 2.05) is 30.6 Å². The molecule has 0 aromatic rings. The summed E-state index contributed by atoms with van der Waals surface area (Å²) in [7, 11) is 1.42. The van der Waals surface area contributed by atoms with E-state index in [9.17, 15) is 14.4 Å². The zero-order valence-corrected chi connectivity index (χ0v) is 15.9. The van der Waals surface area contributed by atoms with E-state index in [0.717, 1.165) is 0 Å². The molecule has 5 rings (SSSR count). The third-order valence-corrected chi connectivity index (χ3v) is 6.20. The number of rotatable bonds is 2. The second-order valence-corrected chi connectivity index (χ2v) is 9.19. The second kappa shape index (κ2) is 5.27. The SMILES string of the molecule is COC(=O)C12CC(N3C[C@@H]4CN(C(=O)OC(C)(C)C)CCN4C3=O)(C1)C2. The molecule has 2 saturated heterocycles. The smallest absolute Gasteiger partial charge is 0.410 e. The van der Waals surface area contributed by atoms with Crippen LogP contribution in [0.5, 0.6) is 0 Å². The quantitative estimate of drug-likeness (QED) is 0.692. The summed E-state index contributed by atoms with van der Waals surface area (Å²) in [4.78, 5) is 42.6. The Morgan fingerprint density at radius 2 is 1.77 bits per heavy atom. The van der Waals surface area contributed by atoms with E-state index in [1.54, 1.807) is 4.90 Å². The van der Waals surface area contributed by atoms with E-state index in [-0.39, 0.29) is 35.1 Å². The van der Waals surface area contributed by atoms with Crippen molar-refractivity contribution in [1.29, 1.82) is 0 Å². The van der Waals surface area contributed by atoms with Gasteiger partial charge in [0, 0.05) is 31.7 Å². The number of amides is 3. The minimum absolute atomic E-state index is 0.00753. The molecule has 0 N–H and O–H groups in total. The molecule has 144 valence electrons. The highest BCUT2D eigenvalue weighted by Gasteiger charge is 2.76. The van der Waals surface area contributed by atoms with Crippen LogP contribution < -0.4 is 0 Å². The third kappa shape index (κ3) is 2.37. The first-order chi connectivity index (χ1) is 12.1. The van der Waals surface area contributed by atoms with Crippen molar-refractivity contribution in [1.82, 2.24) is 14.7 Å². The van der Waals surface area contributed by atoms with Crippen molar-refractivity contribution >= 4 is 18.1 Å². The zero-order chi connectivity index (χ0) is 18.9. The average molecular weight is 365 g/mol. The summed E-state index contributed by atoms with van der Waals surface area (Å²) < 4.78 is 10.4. The Kier molecular flexibility index (Phi) is 3.53. The molecule has 0 radical (unpaired) electrons. The van der Waals surface area contributed by atoms with E-state index < -0.39 is 5.60 Å². The summed E-state index contributed by atoms with van der Waals surface area (Å²) in [6.45, 7) is 7.66. The number of ether oxygens (including phenoxy) is 2. The number of urea groups is 1. The Hall–Kier alpha value is -1.99. The molecule has 5 fully saturated rings. The number of piperazine rings is 1. The van der Waals surface area contributed by atoms with E-state index in [1.165, 1.54) is 7.11 Å². The van der Waals surface area contributed by atoms with Gasteiger partial charge in [-0.25, -0.2) is 9.59 Å². The van der Waals surface area contributed by atoms with Crippen molar-refractivity contribution in [3.8, 4) is 0 Å². The monoisotopic (exact) mass is 365 g/mol. The van der Waals surface area contributed by atoms with Gasteiger partial charge < -0.3 is 24.2 Å². The van der Waals surface area contributed by atoms with E-state index in [4.69, 9.17) is 9.47 Å². The number of nitrogens with zero attached hydrogens (tertiary/aromatic N) is 3. The van der Waals surface area contributed by atoms with Crippen molar-refractivity contribution < 1.29 is 23.9 Å². The molecule has 2 heterocycles. The van der Waals surface area contributed by atoms with Gasteiger partial charge in [-0.3, -0.25) is 4.79 Å². The molecule has 0 spiro atoms. The Bertz CT molecular complexity index is 650. The standard InChI is InChI=1S/C18H27N3O5/c1-16(2,3)26-15(24)19-5-6-20-12(7-19)8-21(14(20)23)18-9-17(10-18,11-18)13(22)25-4/h12H,5-11H2,1-4H3/t12-,17?,18?/m0/s1. The lowest BCUT2D eigenvalue weighted by Gasteiger charge is -2.71. The average Bonchev–Trinajstić information content (AvgIpc) is 2.79. The van der Waals surface area contributed by atoms with Gasteiger partial charge in [-0.15, -0.1) is 0 Å². The van der Waals surface area contributed by atoms with Crippen molar-refractivity contribution in [3.05, 3.63) is 0 Å². The van der Waals surface area contributed by atoms with Gasteiger partial charge in [0.15, 0.2) is 0 Å². The van der Waals surface area contributed by atoms with Crippen molar-refractivity contribution in [2.45, 2.75) is 57.2 Å². The first-order valence-corrected chi connectivity index (χ1v) is 9.24. The minimum Gasteiger partial charge on any atom is -0.469 e. The molecular weight excluding hydrogens is 338 g/mol. The minimum atomic E-state index is -0.528. The van der Waals surface area contributed by atoms with Crippen LogP contribution in [-0.2, 0) is 14.3 Å². The number of carbonyl (C=O) groups is 3. The van der Waals surface area contributed by atoms with Crippen LogP contribution in [0.15, 0.2) is 0 Å². The predicted molar refractivity (Wildman–Crippen MR) is 91.4 cm³/mol. The number of hydrogen-bond donors (Lipinski definition) is 0. The highest BCUT2D eigenvalue weighted by Crippen LogP contribution is 2.70. The van der Waals surface area contributed by atoms with Crippen LogP contribution >= 0.6 is 0 Å². The Balaban J connectivity index is 1.39. The molecule has 5 aliphatic rings. The molecule has 8 heteroatoms. The molecule has 0 unspecified atom stereocenters. The van der Waals surface area contributed by atoms with Crippen LogP contribution in [0.3, 0.4) is 0 Å². The van der Waals surface area contributed by atoms with Crippen molar-refractivity contribution in [3.63, 3.8) is 0 Å². The van der Waals surface area contributed by atoms with Crippen LogP contribution in [0.4, 0.5) is 9.59 Å². The summed E-state index contributed by atoms with van der Waals surface area (Å²) in [6.07, 6.45) is 1.79. The summed E-state index contributed by atoms with van der Waals surface area (Å²) in [5.74, 6) is -0.153. The van der Waals surface area contributed by atoms with Crippen LogP contribution in [0.2, 0.25) is 0 Å². The first kappa shape index (κ1) is 17.4. The Labute approximate surface area is 153 Å². The first-order valence-electron chi connectivity index (χ1n) is 9.24. The maximum atomic E-state index is 12.9. The molecule has 3 amide bonds. The molecule has 2 aliphatic heterocycles. The number of fused-ring (bicyclic) bond motifs is 1. The summed E-state index contributed by atoms with van der Waals surface area (Å²) >= 11 is 0.